The Kier molecular flexibility index (Phi) is 7.29. The van der Waals surface area contributed by atoms with Crippen LogP contribution in [0.15, 0.2) is 47.0 Å². The number of ether oxygens (including phenoxy) is 2. The van der Waals surface area contributed by atoms with Crippen molar-refractivity contribution in [3.05, 3.63) is 59.5 Å². The lowest BCUT2D eigenvalue weighted by Crippen LogP contribution is -2.38. The standard InChI is InChI=1S/C26H31N3O4/c1-17-26(18(2)33-29-17)23-15-20(9-12-24(23)32-16-21-6-4-5-13-27-21)28-25(30)14-19-7-10-22(31-3)11-8-19/h7-12,15,21,27H,4-6,13-14,16H2,1-3H3,(H,28,30). The number of hydrogen-bond donors (Lipinski definition) is 2. The molecule has 1 aromatic heterocycles. The maximum Gasteiger partial charge on any atom is 0.228 e. The number of nitrogens with one attached hydrogen (secondary N) is 2. The first kappa shape index (κ1) is 22.9. The van der Waals surface area contributed by atoms with E-state index in [9.17, 15) is 4.79 Å². The van der Waals surface area contributed by atoms with Crippen molar-refractivity contribution < 1.29 is 18.8 Å². The number of carbonyl (C=O) groups excluding carboxylic acids is 1. The second-order valence-electron chi connectivity index (χ2n) is 8.44. The normalized spacial score (nSPS) is 15.8. The van der Waals surface area contributed by atoms with E-state index in [1.165, 1.54) is 12.8 Å². The average molecular weight is 450 g/mol. The molecule has 2 heterocycles. The van der Waals surface area contributed by atoms with E-state index >= 15 is 0 Å². The summed E-state index contributed by atoms with van der Waals surface area (Å²) in [4.78, 5) is 12.7. The quantitative estimate of drug-likeness (QED) is 0.520. The van der Waals surface area contributed by atoms with E-state index in [0.717, 1.165) is 52.6 Å². The van der Waals surface area contributed by atoms with Crippen LogP contribution < -0.4 is 20.1 Å². The molecule has 174 valence electrons. The number of aromatic nitrogens is 1. The predicted molar refractivity (Wildman–Crippen MR) is 128 cm³/mol. The van der Waals surface area contributed by atoms with Gasteiger partial charge in [-0.1, -0.05) is 23.7 Å². The molecule has 7 heteroatoms. The van der Waals surface area contributed by atoms with Crippen molar-refractivity contribution in [3.63, 3.8) is 0 Å². The number of amides is 1. The van der Waals surface area contributed by atoms with Crippen LogP contribution in [0.1, 0.15) is 36.3 Å². The highest BCUT2D eigenvalue weighted by molar-refractivity contribution is 5.93. The summed E-state index contributed by atoms with van der Waals surface area (Å²) in [5, 5.41) is 10.6. The largest absolute Gasteiger partial charge is 0.497 e. The molecular formula is C26H31N3O4. The lowest BCUT2D eigenvalue weighted by atomic mass is 10.0. The van der Waals surface area contributed by atoms with Crippen LogP contribution in [0.25, 0.3) is 11.1 Å². The summed E-state index contributed by atoms with van der Waals surface area (Å²) in [6.45, 7) is 5.42. The number of nitrogens with zero attached hydrogens (tertiary/aromatic N) is 1. The van der Waals surface area contributed by atoms with Gasteiger partial charge in [0.1, 0.15) is 23.9 Å². The summed E-state index contributed by atoms with van der Waals surface area (Å²) >= 11 is 0. The molecule has 2 aromatic carbocycles. The molecule has 1 aliphatic rings. The number of aryl methyl sites for hydroxylation is 2. The number of benzene rings is 2. The molecule has 1 unspecified atom stereocenters. The van der Waals surface area contributed by atoms with E-state index in [2.05, 4.69) is 15.8 Å². The number of anilines is 1. The summed E-state index contributed by atoms with van der Waals surface area (Å²) in [5.41, 5.74) is 4.16. The smallest absolute Gasteiger partial charge is 0.228 e. The molecular weight excluding hydrogens is 418 g/mol. The van der Waals surface area contributed by atoms with Crippen LogP contribution in [-0.4, -0.2) is 37.4 Å². The fourth-order valence-electron chi connectivity index (χ4n) is 4.19. The molecule has 7 nitrogen and oxygen atoms in total. The summed E-state index contributed by atoms with van der Waals surface area (Å²) < 4.78 is 16.8. The van der Waals surface area contributed by atoms with E-state index in [4.69, 9.17) is 14.0 Å². The Morgan fingerprint density at radius 1 is 1.18 bits per heavy atom. The van der Waals surface area contributed by atoms with Crippen molar-refractivity contribution >= 4 is 11.6 Å². The van der Waals surface area contributed by atoms with Crippen molar-refractivity contribution in [2.45, 2.75) is 45.6 Å². The van der Waals surface area contributed by atoms with Crippen LogP contribution in [0.5, 0.6) is 11.5 Å². The highest BCUT2D eigenvalue weighted by atomic mass is 16.5. The third-order valence-electron chi connectivity index (χ3n) is 5.94. The monoisotopic (exact) mass is 449 g/mol. The van der Waals surface area contributed by atoms with Crippen molar-refractivity contribution in [1.29, 1.82) is 0 Å². The summed E-state index contributed by atoms with van der Waals surface area (Å²) in [5.74, 6) is 2.15. The molecule has 0 saturated carbocycles. The Morgan fingerprint density at radius 2 is 2.00 bits per heavy atom. The lowest BCUT2D eigenvalue weighted by molar-refractivity contribution is -0.115. The number of carbonyl (C=O) groups is 1. The highest BCUT2D eigenvalue weighted by Crippen LogP contribution is 2.37. The van der Waals surface area contributed by atoms with Crippen molar-refractivity contribution in [3.8, 4) is 22.6 Å². The van der Waals surface area contributed by atoms with Gasteiger partial charge in [-0.2, -0.15) is 0 Å². The van der Waals surface area contributed by atoms with Gasteiger partial charge in [0, 0.05) is 17.3 Å². The number of hydrogen-bond acceptors (Lipinski definition) is 6. The molecule has 1 amide bonds. The lowest BCUT2D eigenvalue weighted by Gasteiger charge is -2.24. The van der Waals surface area contributed by atoms with Gasteiger partial charge < -0.3 is 24.6 Å². The van der Waals surface area contributed by atoms with Crippen LogP contribution in [0.3, 0.4) is 0 Å². The number of piperidine rings is 1. The van der Waals surface area contributed by atoms with Crippen molar-refractivity contribution in [2.24, 2.45) is 0 Å². The van der Waals surface area contributed by atoms with E-state index in [1.54, 1.807) is 7.11 Å². The molecule has 4 rings (SSSR count). The van der Waals surface area contributed by atoms with Gasteiger partial charge in [-0.05, 0) is 69.1 Å². The molecule has 33 heavy (non-hydrogen) atoms. The third-order valence-corrected chi connectivity index (χ3v) is 5.94. The van der Waals surface area contributed by atoms with Gasteiger partial charge in [-0.3, -0.25) is 4.79 Å². The average Bonchev–Trinajstić information content (AvgIpc) is 3.17. The fraction of sp³-hybridized carbons (Fsp3) is 0.385. The molecule has 1 saturated heterocycles. The molecule has 1 fully saturated rings. The first-order chi connectivity index (χ1) is 16.0. The second-order valence-corrected chi connectivity index (χ2v) is 8.44. The van der Waals surface area contributed by atoms with Gasteiger partial charge in [0.2, 0.25) is 5.91 Å². The minimum atomic E-state index is -0.0926. The zero-order valence-corrected chi connectivity index (χ0v) is 19.4. The van der Waals surface area contributed by atoms with Crippen molar-refractivity contribution in [2.75, 3.05) is 25.6 Å². The Morgan fingerprint density at radius 3 is 2.67 bits per heavy atom. The molecule has 1 atom stereocenters. The zero-order chi connectivity index (χ0) is 23.2. The Hall–Kier alpha value is -3.32. The summed E-state index contributed by atoms with van der Waals surface area (Å²) in [6, 6.07) is 13.6. The Bertz CT molecular complexity index is 1070. The third kappa shape index (κ3) is 5.73. The SMILES string of the molecule is COc1ccc(CC(=O)Nc2ccc(OCC3CCCCN3)c(-c3c(C)noc3C)c2)cc1. The summed E-state index contributed by atoms with van der Waals surface area (Å²) in [6.07, 6.45) is 3.82. The fourth-order valence-corrected chi connectivity index (χ4v) is 4.19. The minimum absolute atomic E-state index is 0.0926. The number of methoxy groups -OCH3 is 1. The van der Waals surface area contributed by atoms with E-state index in [0.29, 0.717) is 18.3 Å². The molecule has 3 aromatic rings. The molecule has 0 radical (unpaired) electrons. The van der Waals surface area contributed by atoms with E-state index in [-0.39, 0.29) is 12.3 Å². The van der Waals surface area contributed by atoms with Crippen LogP contribution in [-0.2, 0) is 11.2 Å². The van der Waals surface area contributed by atoms with E-state index in [1.807, 2.05) is 56.3 Å². The number of rotatable bonds is 8. The van der Waals surface area contributed by atoms with Crippen LogP contribution in [0, 0.1) is 13.8 Å². The molecule has 2 N–H and O–H groups in total. The van der Waals surface area contributed by atoms with E-state index < -0.39 is 0 Å². The van der Waals surface area contributed by atoms with Gasteiger partial charge in [0.25, 0.3) is 0 Å². The van der Waals surface area contributed by atoms with Gasteiger partial charge >= 0.3 is 0 Å². The van der Waals surface area contributed by atoms with Gasteiger partial charge in [0.15, 0.2) is 0 Å². The molecule has 0 bridgehead atoms. The van der Waals surface area contributed by atoms with Crippen LogP contribution >= 0.6 is 0 Å². The van der Waals surface area contributed by atoms with Gasteiger partial charge in [0.05, 0.1) is 24.8 Å². The minimum Gasteiger partial charge on any atom is -0.497 e. The molecule has 1 aliphatic heterocycles. The highest BCUT2D eigenvalue weighted by Gasteiger charge is 2.19. The molecule has 0 spiro atoms. The van der Waals surface area contributed by atoms with Gasteiger partial charge in [-0.25, -0.2) is 0 Å². The Labute approximate surface area is 194 Å². The summed E-state index contributed by atoms with van der Waals surface area (Å²) in [7, 11) is 1.62. The van der Waals surface area contributed by atoms with Crippen LogP contribution in [0.4, 0.5) is 5.69 Å². The van der Waals surface area contributed by atoms with Gasteiger partial charge in [-0.15, -0.1) is 0 Å². The zero-order valence-electron chi connectivity index (χ0n) is 19.4. The first-order valence-electron chi connectivity index (χ1n) is 11.4. The van der Waals surface area contributed by atoms with Crippen molar-refractivity contribution in [1.82, 2.24) is 10.5 Å². The first-order valence-corrected chi connectivity index (χ1v) is 11.4. The Balaban J connectivity index is 1.52. The van der Waals surface area contributed by atoms with Crippen LogP contribution in [0.2, 0.25) is 0 Å². The maximum absolute atomic E-state index is 12.7. The predicted octanol–water partition coefficient (Wildman–Crippen LogP) is 4.67. The second kappa shape index (κ2) is 10.5. The molecule has 0 aliphatic carbocycles. The maximum atomic E-state index is 12.7. The topological polar surface area (TPSA) is 85.6 Å².